The van der Waals surface area contributed by atoms with Crippen molar-refractivity contribution < 1.29 is 19.4 Å². The number of ether oxygens (including phenoxy) is 1. The maximum atomic E-state index is 11.9. The molecule has 1 aliphatic rings. The Morgan fingerprint density at radius 2 is 1.91 bits per heavy atom. The Bertz CT molecular complexity index is 526. The average molecular weight is 305 g/mol. The smallest absolute Gasteiger partial charge is 0.338 e. The van der Waals surface area contributed by atoms with Crippen LogP contribution in [0.3, 0.4) is 0 Å². The highest BCUT2D eigenvalue weighted by Gasteiger charge is 2.28. The Morgan fingerprint density at radius 3 is 2.59 bits per heavy atom. The van der Waals surface area contributed by atoms with Crippen LogP contribution in [0.4, 0.5) is 0 Å². The summed E-state index contributed by atoms with van der Waals surface area (Å²) in [6.07, 6.45) is 3.29. The van der Waals surface area contributed by atoms with Crippen molar-refractivity contribution >= 4 is 11.9 Å². The van der Waals surface area contributed by atoms with E-state index in [1.165, 1.54) is 30.7 Å². The van der Waals surface area contributed by atoms with Gasteiger partial charge in [0.05, 0.1) is 5.56 Å². The van der Waals surface area contributed by atoms with Crippen LogP contribution in [-0.2, 0) is 9.53 Å². The van der Waals surface area contributed by atoms with Crippen LogP contribution in [0.1, 0.15) is 43.5 Å². The summed E-state index contributed by atoms with van der Waals surface area (Å²) in [5, 5.41) is 12.1. The normalized spacial score (nSPS) is 24.5. The van der Waals surface area contributed by atoms with E-state index in [2.05, 4.69) is 19.2 Å². The minimum absolute atomic E-state index is 0.0784. The molecule has 0 bridgehead atoms. The molecule has 2 rings (SSSR count). The average Bonchev–Trinajstić information content (AvgIpc) is 2.50. The summed E-state index contributed by atoms with van der Waals surface area (Å²) >= 11 is 0. The van der Waals surface area contributed by atoms with Gasteiger partial charge in [-0.25, -0.2) is 4.79 Å². The van der Waals surface area contributed by atoms with Gasteiger partial charge in [-0.05, 0) is 42.5 Å². The highest BCUT2D eigenvalue weighted by Crippen LogP contribution is 2.29. The van der Waals surface area contributed by atoms with Crippen LogP contribution in [0.2, 0.25) is 0 Å². The van der Waals surface area contributed by atoms with Crippen LogP contribution in [-0.4, -0.2) is 29.6 Å². The fourth-order valence-electron chi connectivity index (χ4n) is 2.85. The van der Waals surface area contributed by atoms with Crippen molar-refractivity contribution in [2.75, 3.05) is 6.61 Å². The molecule has 0 radical (unpaired) electrons. The Labute approximate surface area is 130 Å². The molecule has 0 unspecified atom stereocenters. The first-order valence-corrected chi connectivity index (χ1v) is 7.73. The van der Waals surface area contributed by atoms with E-state index in [1.54, 1.807) is 0 Å². The van der Waals surface area contributed by atoms with E-state index >= 15 is 0 Å². The van der Waals surface area contributed by atoms with Crippen molar-refractivity contribution in [3.63, 3.8) is 0 Å². The molecule has 3 atom stereocenters. The standard InChI is InChI=1S/C17H23NO4/c1-11-4-3-5-15(12(11)2)18-16(20)10-22-17(21)13-6-8-14(19)9-7-13/h6-9,11-12,15,19H,3-5,10H2,1-2H3,(H,18,20)/t11-,12+,15+/m0/s1. The predicted octanol–water partition coefficient (Wildman–Crippen LogP) is 2.49. The van der Waals surface area contributed by atoms with Crippen LogP contribution in [0, 0.1) is 11.8 Å². The molecule has 0 spiro atoms. The topological polar surface area (TPSA) is 75.6 Å². The van der Waals surface area contributed by atoms with Gasteiger partial charge in [-0.3, -0.25) is 4.79 Å². The van der Waals surface area contributed by atoms with Crippen molar-refractivity contribution in [1.82, 2.24) is 5.32 Å². The monoisotopic (exact) mass is 305 g/mol. The second kappa shape index (κ2) is 7.29. The first-order chi connectivity index (χ1) is 10.5. The van der Waals surface area contributed by atoms with E-state index in [4.69, 9.17) is 9.84 Å². The number of carbonyl (C=O) groups excluding carboxylic acids is 2. The summed E-state index contributed by atoms with van der Waals surface area (Å²) in [6, 6.07) is 5.88. The number of hydrogen-bond acceptors (Lipinski definition) is 4. The van der Waals surface area contributed by atoms with Crippen molar-refractivity contribution in [3.8, 4) is 5.75 Å². The van der Waals surface area contributed by atoms with Gasteiger partial charge < -0.3 is 15.2 Å². The molecule has 0 aromatic heterocycles. The van der Waals surface area contributed by atoms with E-state index in [-0.39, 0.29) is 24.3 Å². The van der Waals surface area contributed by atoms with Gasteiger partial charge in [-0.2, -0.15) is 0 Å². The van der Waals surface area contributed by atoms with Gasteiger partial charge >= 0.3 is 5.97 Å². The molecule has 2 N–H and O–H groups in total. The molecular formula is C17H23NO4. The van der Waals surface area contributed by atoms with E-state index in [0.29, 0.717) is 17.4 Å². The molecule has 1 aromatic rings. The lowest BCUT2D eigenvalue weighted by atomic mass is 9.78. The first-order valence-electron chi connectivity index (χ1n) is 7.73. The molecule has 0 aliphatic heterocycles. The van der Waals surface area contributed by atoms with Gasteiger partial charge in [0.1, 0.15) is 5.75 Å². The maximum absolute atomic E-state index is 11.9. The maximum Gasteiger partial charge on any atom is 0.338 e. The lowest BCUT2D eigenvalue weighted by Crippen LogP contribution is -2.45. The van der Waals surface area contributed by atoms with Crippen molar-refractivity contribution in [2.24, 2.45) is 11.8 Å². The highest BCUT2D eigenvalue weighted by atomic mass is 16.5. The molecule has 5 nitrogen and oxygen atoms in total. The molecule has 1 saturated carbocycles. The number of hydrogen-bond donors (Lipinski definition) is 2. The Morgan fingerprint density at radius 1 is 1.23 bits per heavy atom. The number of phenolic OH excluding ortho intramolecular Hbond substituents is 1. The molecule has 120 valence electrons. The van der Waals surface area contributed by atoms with E-state index < -0.39 is 5.97 Å². The number of phenols is 1. The third-order valence-corrected chi connectivity index (χ3v) is 4.49. The largest absolute Gasteiger partial charge is 0.508 e. The fourth-order valence-corrected chi connectivity index (χ4v) is 2.85. The Balaban J connectivity index is 1.80. The number of aromatic hydroxyl groups is 1. The summed E-state index contributed by atoms with van der Waals surface area (Å²) in [4.78, 5) is 23.7. The van der Waals surface area contributed by atoms with Crippen LogP contribution < -0.4 is 5.32 Å². The summed E-state index contributed by atoms with van der Waals surface area (Å²) in [6.45, 7) is 4.07. The number of rotatable bonds is 4. The highest BCUT2D eigenvalue weighted by molar-refractivity contribution is 5.91. The number of nitrogens with one attached hydrogen (secondary N) is 1. The number of benzene rings is 1. The van der Waals surface area contributed by atoms with Crippen molar-refractivity contribution in [1.29, 1.82) is 0 Å². The summed E-state index contributed by atoms with van der Waals surface area (Å²) in [5.74, 6) is 0.275. The summed E-state index contributed by atoms with van der Waals surface area (Å²) < 4.78 is 5.00. The van der Waals surface area contributed by atoms with Crippen LogP contribution in [0.25, 0.3) is 0 Å². The minimum Gasteiger partial charge on any atom is -0.508 e. The summed E-state index contributed by atoms with van der Waals surface area (Å²) in [7, 11) is 0. The number of carbonyl (C=O) groups is 2. The zero-order chi connectivity index (χ0) is 16.1. The van der Waals surface area contributed by atoms with Gasteiger partial charge in [0, 0.05) is 6.04 Å². The van der Waals surface area contributed by atoms with Gasteiger partial charge in [0.15, 0.2) is 6.61 Å². The quantitative estimate of drug-likeness (QED) is 0.838. The fraction of sp³-hybridized carbons (Fsp3) is 0.529. The lowest BCUT2D eigenvalue weighted by Gasteiger charge is -2.34. The third-order valence-electron chi connectivity index (χ3n) is 4.49. The lowest BCUT2D eigenvalue weighted by molar-refractivity contribution is -0.125. The van der Waals surface area contributed by atoms with Crippen molar-refractivity contribution in [2.45, 2.75) is 39.2 Å². The minimum atomic E-state index is -0.569. The molecule has 0 heterocycles. The van der Waals surface area contributed by atoms with E-state index in [9.17, 15) is 9.59 Å². The molecule has 22 heavy (non-hydrogen) atoms. The van der Waals surface area contributed by atoms with Gasteiger partial charge in [0.2, 0.25) is 0 Å². The second-order valence-corrected chi connectivity index (χ2v) is 6.06. The molecule has 1 fully saturated rings. The van der Waals surface area contributed by atoms with Gasteiger partial charge in [0.25, 0.3) is 5.91 Å². The SMILES string of the molecule is C[C@@H]1[C@@H](C)CCC[C@H]1NC(=O)COC(=O)c1ccc(O)cc1. The molecular weight excluding hydrogens is 282 g/mol. The zero-order valence-corrected chi connectivity index (χ0v) is 13.0. The van der Waals surface area contributed by atoms with E-state index in [1.807, 2.05) is 0 Å². The summed E-state index contributed by atoms with van der Waals surface area (Å²) in [5.41, 5.74) is 0.310. The van der Waals surface area contributed by atoms with Crippen molar-refractivity contribution in [3.05, 3.63) is 29.8 Å². The predicted molar refractivity (Wildman–Crippen MR) is 82.5 cm³/mol. The van der Waals surface area contributed by atoms with Crippen LogP contribution in [0.15, 0.2) is 24.3 Å². The Hall–Kier alpha value is -2.04. The number of amides is 1. The molecule has 0 saturated heterocycles. The second-order valence-electron chi connectivity index (χ2n) is 6.06. The van der Waals surface area contributed by atoms with Crippen LogP contribution in [0.5, 0.6) is 5.75 Å². The number of esters is 1. The molecule has 1 aromatic carbocycles. The zero-order valence-electron chi connectivity index (χ0n) is 13.0. The van der Waals surface area contributed by atoms with Gasteiger partial charge in [-0.1, -0.05) is 26.7 Å². The third kappa shape index (κ3) is 4.23. The van der Waals surface area contributed by atoms with Gasteiger partial charge in [-0.15, -0.1) is 0 Å². The molecule has 5 heteroatoms. The van der Waals surface area contributed by atoms with E-state index in [0.717, 1.165) is 12.8 Å². The van der Waals surface area contributed by atoms with Crippen LogP contribution >= 0.6 is 0 Å². The molecule has 1 aliphatic carbocycles. The first kappa shape index (κ1) is 16.3. The molecule has 1 amide bonds. The Kier molecular flexibility index (Phi) is 5.41.